The van der Waals surface area contributed by atoms with Gasteiger partial charge in [-0.3, -0.25) is 14.4 Å². The molecule has 2 heterocycles. The second kappa shape index (κ2) is 12.7. The molecule has 1 unspecified atom stereocenters. The predicted octanol–water partition coefficient (Wildman–Crippen LogP) is 5.92. The third kappa shape index (κ3) is 5.21. The van der Waals surface area contributed by atoms with Crippen molar-refractivity contribution in [2.75, 3.05) is 12.4 Å². The van der Waals surface area contributed by atoms with Crippen molar-refractivity contribution in [2.24, 2.45) is 22.7 Å². The van der Waals surface area contributed by atoms with Gasteiger partial charge in [-0.15, -0.1) is 0 Å². The number of nitrogens with zero attached hydrogens (tertiary/aromatic N) is 1. The first-order valence-electron chi connectivity index (χ1n) is 16.1. The number of Topliss-reactive ketones (excluding diaryl/α,β-unsaturated/α-hetero) is 1. The van der Waals surface area contributed by atoms with Gasteiger partial charge in [-0.2, -0.15) is 0 Å². The minimum atomic E-state index is -2.28. The van der Waals surface area contributed by atoms with Gasteiger partial charge in [-0.25, -0.2) is 13.8 Å². The maximum absolute atomic E-state index is 17.6. The zero-order valence-electron chi connectivity index (χ0n) is 26.3. The first kappa shape index (κ1) is 33.8. The average Bonchev–Trinajstić information content (AvgIpc) is 3.51. The van der Waals surface area contributed by atoms with Crippen molar-refractivity contribution in [3.8, 4) is 0 Å². The van der Waals surface area contributed by atoms with Crippen LogP contribution in [-0.2, 0) is 28.6 Å². The molecule has 0 amide bonds. The number of rotatable bonds is 11. The minimum Gasteiger partial charge on any atom is -0.458 e. The molecule has 0 bridgehead atoms. The van der Waals surface area contributed by atoms with E-state index in [1.165, 1.54) is 22.9 Å². The van der Waals surface area contributed by atoms with Crippen molar-refractivity contribution in [1.82, 2.24) is 4.98 Å². The maximum Gasteiger partial charge on any atom is 0.306 e. The number of ketones is 2. The molecule has 1 aliphatic heterocycles. The Labute approximate surface area is 275 Å². The van der Waals surface area contributed by atoms with Gasteiger partial charge in [0.2, 0.25) is 5.78 Å². The topological polar surface area (TPSA) is 112 Å². The molecule has 0 spiro atoms. The highest BCUT2D eigenvalue weighted by Gasteiger charge is 2.80. The number of aliphatic hydroxyl groups is 1. The summed E-state index contributed by atoms with van der Waals surface area (Å²) in [5.41, 5.74) is -6.50. The van der Waals surface area contributed by atoms with E-state index in [2.05, 4.69) is 4.98 Å². The van der Waals surface area contributed by atoms with Crippen molar-refractivity contribution in [1.29, 1.82) is 0 Å². The zero-order valence-corrected chi connectivity index (χ0v) is 27.9. The molecule has 3 saturated carbocycles. The number of ether oxygens (including phenoxy) is 3. The lowest BCUT2D eigenvalue weighted by Crippen LogP contribution is -2.71. The molecule has 250 valence electrons. The van der Waals surface area contributed by atoms with E-state index in [9.17, 15) is 19.5 Å². The molecule has 6 rings (SSSR count). The van der Waals surface area contributed by atoms with E-state index in [1.807, 2.05) is 25.1 Å². The van der Waals surface area contributed by atoms with Crippen LogP contribution < -0.4 is 0 Å². The third-order valence-corrected chi connectivity index (χ3v) is 13.5. The Balaban J connectivity index is 1.19. The van der Waals surface area contributed by atoms with Crippen LogP contribution in [0.15, 0.2) is 53.2 Å². The SMILES string of the molecule is CCCC1O[C@@H]2C[C@H]3[C@@H]4C[C@H](F)C5=CC(=O)C=C[C@]5(C)[C@@]4(F)[C@@H](O)C[C@]3(C)[C@]2(C(=O)COC(=O)CCCSSc2ccccn2)O1. The van der Waals surface area contributed by atoms with Gasteiger partial charge < -0.3 is 19.3 Å². The summed E-state index contributed by atoms with van der Waals surface area (Å²) in [5.74, 6) is -2.29. The Kier molecular flexibility index (Phi) is 9.34. The predicted molar refractivity (Wildman–Crippen MR) is 169 cm³/mol. The summed E-state index contributed by atoms with van der Waals surface area (Å²) < 4.78 is 51.7. The zero-order chi connectivity index (χ0) is 32.9. The summed E-state index contributed by atoms with van der Waals surface area (Å²) in [5, 5.41) is 12.6. The van der Waals surface area contributed by atoms with Gasteiger partial charge in [0.25, 0.3) is 0 Å². The van der Waals surface area contributed by atoms with Crippen molar-refractivity contribution in [3.63, 3.8) is 0 Å². The number of hydrogen-bond acceptors (Lipinski definition) is 10. The van der Waals surface area contributed by atoms with E-state index in [4.69, 9.17) is 14.2 Å². The van der Waals surface area contributed by atoms with Crippen LogP contribution in [-0.4, -0.2) is 75.9 Å². The molecule has 0 aromatic carbocycles. The molecule has 5 aliphatic rings. The molecule has 1 aromatic heterocycles. The van der Waals surface area contributed by atoms with Crippen LogP contribution in [0.1, 0.15) is 65.7 Å². The fourth-order valence-electron chi connectivity index (χ4n) is 8.99. The second-order valence-electron chi connectivity index (χ2n) is 13.6. The number of halogens is 2. The lowest BCUT2D eigenvalue weighted by atomic mass is 9.44. The van der Waals surface area contributed by atoms with Crippen LogP contribution in [0.5, 0.6) is 0 Å². The summed E-state index contributed by atoms with van der Waals surface area (Å²) in [6, 6.07) is 5.66. The van der Waals surface area contributed by atoms with Gasteiger partial charge in [0.15, 0.2) is 29.9 Å². The maximum atomic E-state index is 17.6. The van der Waals surface area contributed by atoms with Crippen LogP contribution in [0.2, 0.25) is 0 Å². The molecule has 10 atom stereocenters. The Morgan fingerprint density at radius 3 is 2.76 bits per heavy atom. The van der Waals surface area contributed by atoms with Crippen molar-refractivity contribution in [2.45, 2.75) is 107 Å². The Morgan fingerprint density at radius 2 is 2.02 bits per heavy atom. The average molecular weight is 678 g/mol. The van der Waals surface area contributed by atoms with Gasteiger partial charge >= 0.3 is 5.97 Å². The van der Waals surface area contributed by atoms with Crippen molar-refractivity contribution < 1.29 is 42.5 Å². The monoisotopic (exact) mass is 677 g/mol. The summed E-state index contributed by atoms with van der Waals surface area (Å²) in [6.45, 7) is 4.77. The van der Waals surface area contributed by atoms with E-state index in [1.54, 1.807) is 30.8 Å². The highest BCUT2D eigenvalue weighted by atomic mass is 33.1. The lowest BCUT2D eigenvalue weighted by Gasteiger charge is -2.63. The number of carbonyl (C=O) groups is 3. The molecule has 4 aliphatic carbocycles. The quantitative estimate of drug-likeness (QED) is 0.172. The molecule has 4 fully saturated rings. The Morgan fingerprint density at radius 1 is 1.22 bits per heavy atom. The largest absolute Gasteiger partial charge is 0.458 e. The molecule has 12 heteroatoms. The van der Waals surface area contributed by atoms with Crippen molar-refractivity contribution in [3.05, 3.63) is 48.2 Å². The summed E-state index contributed by atoms with van der Waals surface area (Å²) >= 11 is 0. The number of fused-ring (bicyclic) bond motifs is 7. The number of hydrogen-bond donors (Lipinski definition) is 1. The number of allylic oxidation sites excluding steroid dienone is 4. The molecule has 1 N–H and O–H groups in total. The number of alkyl halides is 2. The highest BCUT2D eigenvalue weighted by molar-refractivity contribution is 8.76. The molecular weight excluding hydrogens is 637 g/mol. The first-order chi connectivity index (χ1) is 21.9. The van der Waals surface area contributed by atoms with Crippen molar-refractivity contribution >= 4 is 39.1 Å². The minimum absolute atomic E-state index is 0.0431. The van der Waals surface area contributed by atoms with Gasteiger partial charge in [0.1, 0.15) is 11.2 Å². The fraction of sp³-hybridized carbons (Fsp3) is 0.647. The molecule has 1 aromatic rings. The number of aliphatic hydroxyl groups excluding tert-OH is 1. The van der Waals surface area contributed by atoms with Crippen LogP contribution in [0.4, 0.5) is 8.78 Å². The van der Waals surface area contributed by atoms with E-state index >= 15 is 8.78 Å². The summed E-state index contributed by atoms with van der Waals surface area (Å²) in [6.07, 6.45) is 2.66. The van der Waals surface area contributed by atoms with E-state index < -0.39 is 82.7 Å². The van der Waals surface area contributed by atoms with Crippen LogP contribution >= 0.6 is 21.6 Å². The van der Waals surface area contributed by atoms with Gasteiger partial charge in [0.05, 0.1) is 12.2 Å². The Bertz CT molecular complexity index is 1430. The molecule has 46 heavy (non-hydrogen) atoms. The van der Waals surface area contributed by atoms with Crippen LogP contribution in [0.3, 0.4) is 0 Å². The molecular formula is C34H41F2NO7S2. The number of aromatic nitrogens is 1. The van der Waals surface area contributed by atoms with Crippen LogP contribution in [0.25, 0.3) is 0 Å². The Hall–Kier alpha value is -2.12. The highest BCUT2D eigenvalue weighted by Crippen LogP contribution is 2.72. The number of esters is 1. The molecule has 1 saturated heterocycles. The lowest BCUT2D eigenvalue weighted by molar-refractivity contribution is -0.235. The van der Waals surface area contributed by atoms with E-state index in [-0.39, 0.29) is 31.3 Å². The van der Waals surface area contributed by atoms with Gasteiger partial charge in [-0.1, -0.05) is 43.2 Å². The summed E-state index contributed by atoms with van der Waals surface area (Å²) in [7, 11) is 3.10. The molecule has 8 nitrogen and oxygen atoms in total. The van der Waals surface area contributed by atoms with Gasteiger partial charge in [0, 0.05) is 35.1 Å². The number of carbonyl (C=O) groups excluding carboxylic acids is 3. The van der Waals surface area contributed by atoms with E-state index in [0.717, 1.165) is 17.5 Å². The first-order valence-corrected chi connectivity index (χ1v) is 18.4. The normalized spacial score (nSPS) is 40.8. The third-order valence-electron chi connectivity index (χ3n) is 11.1. The second-order valence-corrected chi connectivity index (χ2v) is 16.0. The van der Waals surface area contributed by atoms with Gasteiger partial charge in [-0.05, 0) is 85.6 Å². The summed E-state index contributed by atoms with van der Waals surface area (Å²) in [4.78, 5) is 43.3. The van der Waals surface area contributed by atoms with E-state index in [0.29, 0.717) is 18.6 Å². The number of pyridine rings is 1. The molecule has 0 radical (unpaired) electrons. The standard InChI is InChI=1S/C34H41F2NO7S2/c1-4-8-30-43-27-17-21-22-16-24(35)23-15-20(38)11-12-31(23,2)33(22,36)25(39)18-32(21,3)34(27,44-30)26(40)19-42-29(41)10-7-14-45-46-28-9-5-6-13-37-28/h5-6,9,11-13,15,21-22,24-25,27,30,39H,4,7-8,10,14,16-19H2,1-3H3/t21-,22-,24-,25-,27+,30?,31-,32-,33-,34+/m0/s1. The smallest absolute Gasteiger partial charge is 0.306 e. The fourth-order valence-corrected chi connectivity index (χ4v) is 11.0. The van der Waals surface area contributed by atoms with Crippen LogP contribution in [0, 0.1) is 22.7 Å².